The first-order chi connectivity index (χ1) is 12.1. The monoisotopic (exact) mass is 332 g/mol. The Labute approximate surface area is 149 Å². The van der Waals surface area contributed by atoms with Crippen LogP contribution in [0.2, 0.25) is 0 Å². The van der Waals surface area contributed by atoms with Crippen molar-refractivity contribution >= 4 is 17.5 Å². The lowest BCUT2D eigenvalue weighted by Gasteiger charge is -2.14. The molecule has 0 aliphatic rings. The van der Waals surface area contributed by atoms with Crippen molar-refractivity contribution in [2.45, 2.75) is 33.2 Å². The summed E-state index contributed by atoms with van der Waals surface area (Å²) >= 11 is 0. The molecule has 1 aromatic heterocycles. The van der Waals surface area contributed by atoms with Crippen LogP contribution in [0.3, 0.4) is 0 Å². The summed E-state index contributed by atoms with van der Waals surface area (Å²) in [5, 5.41) is 6.72. The maximum Gasteiger partial charge on any atom is 0.229 e. The van der Waals surface area contributed by atoms with Crippen molar-refractivity contribution in [1.29, 1.82) is 0 Å². The zero-order valence-corrected chi connectivity index (χ0v) is 15.0. The summed E-state index contributed by atoms with van der Waals surface area (Å²) in [4.78, 5) is 8.93. The van der Waals surface area contributed by atoms with E-state index in [1.54, 1.807) is 6.20 Å². The molecule has 0 saturated heterocycles. The third-order valence-corrected chi connectivity index (χ3v) is 4.21. The molecule has 0 saturated carbocycles. The van der Waals surface area contributed by atoms with E-state index < -0.39 is 0 Å². The molecular weight excluding hydrogens is 308 g/mol. The number of nitrogens with zero attached hydrogens (tertiary/aromatic N) is 2. The first-order valence-electron chi connectivity index (χ1n) is 8.61. The Hall–Kier alpha value is -2.88. The lowest BCUT2D eigenvalue weighted by atomic mass is 10.0. The molecule has 4 nitrogen and oxygen atoms in total. The van der Waals surface area contributed by atoms with E-state index in [-0.39, 0.29) is 0 Å². The molecule has 4 heteroatoms. The van der Waals surface area contributed by atoms with Crippen LogP contribution in [0.4, 0.5) is 17.5 Å². The van der Waals surface area contributed by atoms with Crippen LogP contribution >= 0.6 is 0 Å². The predicted molar refractivity (Wildman–Crippen MR) is 104 cm³/mol. The number of hydrogen-bond donors (Lipinski definition) is 2. The van der Waals surface area contributed by atoms with Gasteiger partial charge >= 0.3 is 0 Å². The molecule has 0 radical (unpaired) electrons. The Balaban J connectivity index is 1.73. The smallest absolute Gasteiger partial charge is 0.229 e. The molecule has 3 aromatic rings. The highest BCUT2D eigenvalue weighted by Gasteiger charge is 2.07. The van der Waals surface area contributed by atoms with Crippen LogP contribution in [-0.4, -0.2) is 9.97 Å². The molecule has 0 fully saturated rings. The molecule has 0 aliphatic heterocycles. The quantitative estimate of drug-likeness (QED) is 0.646. The largest absolute Gasteiger partial charge is 0.366 e. The van der Waals surface area contributed by atoms with E-state index in [2.05, 4.69) is 83.8 Å². The van der Waals surface area contributed by atoms with Crippen LogP contribution in [-0.2, 0) is 6.54 Å². The zero-order chi connectivity index (χ0) is 17.6. The summed E-state index contributed by atoms with van der Waals surface area (Å²) in [5.74, 6) is 1.84. The zero-order valence-electron chi connectivity index (χ0n) is 15.0. The summed E-state index contributed by atoms with van der Waals surface area (Å²) in [5.41, 5.74) is 4.84. The first kappa shape index (κ1) is 17.0. The van der Waals surface area contributed by atoms with Gasteiger partial charge in [0.05, 0.1) is 0 Å². The number of rotatable bonds is 6. The third kappa shape index (κ3) is 4.35. The Morgan fingerprint density at radius 1 is 0.960 bits per heavy atom. The number of aryl methyl sites for hydroxylation is 1. The molecule has 0 amide bonds. The number of benzene rings is 2. The van der Waals surface area contributed by atoms with E-state index in [0.29, 0.717) is 11.9 Å². The van der Waals surface area contributed by atoms with E-state index in [1.807, 2.05) is 12.1 Å². The Bertz CT molecular complexity index is 843. The predicted octanol–water partition coefficient (Wildman–Crippen LogP) is 5.26. The number of para-hydroxylation sites is 1. The molecule has 2 N–H and O–H groups in total. The van der Waals surface area contributed by atoms with Gasteiger partial charge in [-0.15, -0.1) is 0 Å². The van der Waals surface area contributed by atoms with Crippen LogP contribution in [0.1, 0.15) is 36.5 Å². The fourth-order valence-corrected chi connectivity index (χ4v) is 2.75. The minimum atomic E-state index is 0.436. The highest BCUT2D eigenvalue weighted by atomic mass is 15.1. The molecule has 1 heterocycles. The molecule has 25 heavy (non-hydrogen) atoms. The van der Waals surface area contributed by atoms with Gasteiger partial charge in [-0.1, -0.05) is 56.3 Å². The minimum Gasteiger partial charge on any atom is -0.366 e. The highest BCUT2D eigenvalue weighted by molar-refractivity contribution is 5.60. The second-order valence-electron chi connectivity index (χ2n) is 6.41. The van der Waals surface area contributed by atoms with Crippen molar-refractivity contribution < 1.29 is 0 Å². The Kier molecular flexibility index (Phi) is 5.29. The van der Waals surface area contributed by atoms with Gasteiger partial charge in [0.2, 0.25) is 5.95 Å². The van der Waals surface area contributed by atoms with Crippen molar-refractivity contribution in [3.05, 3.63) is 77.5 Å². The number of aromatic nitrogens is 2. The molecule has 0 atom stereocenters. The average Bonchev–Trinajstić information content (AvgIpc) is 2.62. The van der Waals surface area contributed by atoms with Crippen LogP contribution in [0.5, 0.6) is 0 Å². The fraction of sp³-hybridized carbons (Fsp3) is 0.238. The van der Waals surface area contributed by atoms with Crippen molar-refractivity contribution in [2.75, 3.05) is 10.6 Å². The number of hydrogen-bond acceptors (Lipinski definition) is 4. The van der Waals surface area contributed by atoms with Crippen molar-refractivity contribution in [1.82, 2.24) is 9.97 Å². The van der Waals surface area contributed by atoms with E-state index in [4.69, 9.17) is 0 Å². The summed E-state index contributed by atoms with van der Waals surface area (Å²) in [6, 6.07) is 18.5. The summed E-state index contributed by atoms with van der Waals surface area (Å²) < 4.78 is 0. The maximum atomic E-state index is 4.58. The Morgan fingerprint density at radius 2 is 1.72 bits per heavy atom. The number of anilines is 3. The molecule has 0 spiro atoms. The molecular formula is C21H24N4. The van der Waals surface area contributed by atoms with Gasteiger partial charge in [-0.3, -0.25) is 0 Å². The normalized spacial score (nSPS) is 10.7. The molecule has 0 unspecified atom stereocenters. The van der Waals surface area contributed by atoms with Crippen molar-refractivity contribution in [3.63, 3.8) is 0 Å². The van der Waals surface area contributed by atoms with Gasteiger partial charge in [0.15, 0.2) is 0 Å². The van der Waals surface area contributed by atoms with Crippen molar-refractivity contribution in [3.8, 4) is 0 Å². The molecule has 3 rings (SSSR count). The lowest BCUT2D eigenvalue weighted by molar-refractivity contribution is 0.868. The molecule has 0 aliphatic carbocycles. The van der Waals surface area contributed by atoms with E-state index in [1.165, 1.54) is 16.7 Å². The van der Waals surface area contributed by atoms with Gasteiger partial charge in [0.1, 0.15) is 5.82 Å². The SMILES string of the molecule is Cc1ccccc1CNc1ccnc(Nc2ccccc2C(C)C)n1. The van der Waals surface area contributed by atoms with E-state index >= 15 is 0 Å². The topological polar surface area (TPSA) is 49.8 Å². The van der Waals surface area contributed by atoms with E-state index in [0.717, 1.165) is 18.1 Å². The standard InChI is InChI=1S/C21H24N4/c1-15(2)18-10-6-7-11-19(18)24-21-22-13-12-20(25-21)23-14-17-9-5-4-8-16(17)3/h4-13,15H,14H2,1-3H3,(H2,22,23,24,25). The third-order valence-electron chi connectivity index (χ3n) is 4.21. The molecule has 2 aromatic carbocycles. The van der Waals surface area contributed by atoms with Crippen LogP contribution in [0.15, 0.2) is 60.8 Å². The van der Waals surface area contributed by atoms with Gasteiger partial charge < -0.3 is 10.6 Å². The summed E-state index contributed by atoms with van der Waals surface area (Å²) in [6.45, 7) is 7.22. The summed E-state index contributed by atoms with van der Waals surface area (Å²) in [7, 11) is 0. The van der Waals surface area contributed by atoms with Crippen LogP contribution in [0.25, 0.3) is 0 Å². The van der Waals surface area contributed by atoms with Crippen molar-refractivity contribution in [2.24, 2.45) is 0 Å². The molecule has 128 valence electrons. The Morgan fingerprint density at radius 3 is 2.52 bits per heavy atom. The summed E-state index contributed by atoms with van der Waals surface area (Å²) in [6.07, 6.45) is 1.77. The average molecular weight is 332 g/mol. The van der Waals surface area contributed by atoms with Gasteiger partial charge in [-0.05, 0) is 41.7 Å². The first-order valence-corrected chi connectivity index (χ1v) is 8.61. The molecule has 0 bridgehead atoms. The maximum absolute atomic E-state index is 4.58. The minimum absolute atomic E-state index is 0.436. The van der Waals surface area contributed by atoms with Gasteiger partial charge in [0.25, 0.3) is 0 Å². The van der Waals surface area contributed by atoms with Gasteiger partial charge in [0, 0.05) is 18.4 Å². The number of nitrogens with one attached hydrogen (secondary N) is 2. The van der Waals surface area contributed by atoms with E-state index in [9.17, 15) is 0 Å². The lowest BCUT2D eigenvalue weighted by Crippen LogP contribution is -2.06. The fourth-order valence-electron chi connectivity index (χ4n) is 2.75. The second kappa shape index (κ2) is 7.79. The van der Waals surface area contributed by atoms with Crippen LogP contribution < -0.4 is 10.6 Å². The highest BCUT2D eigenvalue weighted by Crippen LogP contribution is 2.25. The van der Waals surface area contributed by atoms with Gasteiger partial charge in [-0.25, -0.2) is 4.98 Å². The van der Waals surface area contributed by atoms with Gasteiger partial charge in [-0.2, -0.15) is 4.98 Å². The second-order valence-corrected chi connectivity index (χ2v) is 6.41. The van der Waals surface area contributed by atoms with Crippen LogP contribution in [0, 0.1) is 6.92 Å².